The van der Waals surface area contributed by atoms with Crippen LogP contribution < -0.4 is 0 Å². The molecule has 3 nitrogen and oxygen atoms in total. The molecule has 0 unspecified atom stereocenters. The number of unbranched alkanes of at least 4 members (excludes halogenated alkanes) is 2. The van der Waals surface area contributed by atoms with E-state index in [1.807, 2.05) is 0 Å². The van der Waals surface area contributed by atoms with E-state index < -0.39 is 0 Å². The van der Waals surface area contributed by atoms with Gasteiger partial charge in [-0.05, 0) is 38.0 Å². The van der Waals surface area contributed by atoms with E-state index in [9.17, 15) is 9.59 Å². The average molecular weight is 317 g/mol. The first-order valence-corrected chi connectivity index (χ1v) is 7.44. The van der Waals surface area contributed by atoms with Crippen LogP contribution in [0.25, 0.3) is 0 Å². The molecule has 0 radical (unpaired) electrons. The van der Waals surface area contributed by atoms with Crippen LogP contribution in [-0.4, -0.2) is 18.4 Å². The van der Waals surface area contributed by atoms with Crippen molar-refractivity contribution in [3.8, 4) is 0 Å². The van der Waals surface area contributed by atoms with Gasteiger partial charge in [-0.1, -0.05) is 29.6 Å². The molecule has 0 atom stereocenters. The SMILES string of the molecule is CCOC(=O)CCCCCC(=O)c1ccc(Cl)cc1Cl. The highest BCUT2D eigenvalue weighted by Gasteiger charge is 2.10. The molecule has 1 aromatic carbocycles. The van der Waals surface area contributed by atoms with Gasteiger partial charge in [0.05, 0.1) is 11.6 Å². The average Bonchev–Trinajstić information content (AvgIpc) is 2.38. The number of hydrogen-bond donors (Lipinski definition) is 0. The fraction of sp³-hybridized carbons (Fsp3) is 0.467. The Hall–Kier alpha value is -1.06. The number of carbonyl (C=O) groups excluding carboxylic acids is 2. The fourth-order valence-electron chi connectivity index (χ4n) is 1.82. The van der Waals surface area contributed by atoms with Gasteiger partial charge in [-0.2, -0.15) is 0 Å². The molecule has 0 saturated heterocycles. The Morgan fingerprint density at radius 3 is 2.45 bits per heavy atom. The molecule has 5 heteroatoms. The molecule has 20 heavy (non-hydrogen) atoms. The summed E-state index contributed by atoms with van der Waals surface area (Å²) in [7, 11) is 0. The van der Waals surface area contributed by atoms with Gasteiger partial charge in [0.2, 0.25) is 0 Å². The van der Waals surface area contributed by atoms with E-state index in [2.05, 4.69) is 0 Å². The van der Waals surface area contributed by atoms with E-state index in [4.69, 9.17) is 27.9 Å². The maximum Gasteiger partial charge on any atom is 0.305 e. The zero-order valence-electron chi connectivity index (χ0n) is 11.5. The minimum atomic E-state index is -0.181. The molecule has 0 aliphatic carbocycles. The van der Waals surface area contributed by atoms with Crippen molar-refractivity contribution in [1.29, 1.82) is 0 Å². The number of rotatable bonds is 8. The van der Waals surface area contributed by atoms with Gasteiger partial charge in [0.15, 0.2) is 5.78 Å². The monoisotopic (exact) mass is 316 g/mol. The van der Waals surface area contributed by atoms with Gasteiger partial charge >= 0.3 is 5.97 Å². The van der Waals surface area contributed by atoms with Crippen LogP contribution in [0.5, 0.6) is 0 Å². The first-order valence-electron chi connectivity index (χ1n) is 6.68. The van der Waals surface area contributed by atoms with Crippen molar-refractivity contribution in [3.63, 3.8) is 0 Å². The summed E-state index contributed by atoms with van der Waals surface area (Å²) in [5.41, 5.74) is 0.501. The molecule has 110 valence electrons. The van der Waals surface area contributed by atoms with Crippen molar-refractivity contribution >= 4 is 35.0 Å². The number of ketones is 1. The molecule has 0 aliphatic heterocycles. The molecular formula is C15H18Cl2O3. The third-order valence-corrected chi connectivity index (χ3v) is 3.37. The van der Waals surface area contributed by atoms with Crippen LogP contribution in [0.3, 0.4) is 0 Å². The molecule has 0 spiro atoms. The lowest BCUT2D eigenvalue weighted by Gasteiger charge is -2.04. The van der Waals surface area contributed by atoms with Gasteiger partial charge in [-0.25, -0.2) is 0 Å². The van der Waals surface area contributed by atoms with Crippen molar-refractivity contribution in [2.24, 2.45) is 0 Å². The largest absolute Gasteiger partial charge is 0.466 e. The summed E-state index contributed by atoms with van der Waals surface area (Å²) in [6.45, 7) is 2.19. The Bertz CT molecular complexity index is 472. The lowest BCUT2D eigenvalue weighted by molar-refractivity contribution is -0.143. The number of halogens is 2. The van der Waals surface area contributed by atoms with Crippen LogP contribution in [0.1, 0.15) is 49.4 Å². The van der Waals surface area contributed by atoms with Crippen LogP contribution in [0.15, 0.2) is 18.2 Å². The summed E-state index contributed by atoms with van der Waals surface area (Å²) in [5.74, 6) is -0.178. The van der Waals surface area contributed by atoms with Gasteiger partial charge in [0.1, 0.15) is 0 Å². The van der Waals surface area contributed by atoms with Gasteiger partial charge in [0, 0.05) is 23.4 Å². The first kappa shape index (κ1) is 17.0. The molecule has 0 amide bonds. The zero-order valence-corrected chi connectivity index (χ0v) is 13.0. The molecule has 0 bridgehead atoms. The van der Waals surface area contributed by atoms with Crippen molar-refractivity contribution in [2.45, 2.75) is 39.0 Å². The normalized spacial score (nSPS) is 10.3. The quantitative estimate of drug-likeness (QED) is 0.397. The number of esters is 1. The molecular weight excluding hydrogens is 299 g/mol. The molecule has 0 fully saturated rings. The van der Waals surface area contributed by atoms with E-state index in [1.165, 1.54) is 0 Å². The van der Waals surface area contributed by atoms with Crippen LogP contribution in [0, 0.1) is 0 Å². The second-order valence-corrected chi connectivity index (χ2v) is 5.26. The standard InChI is InChI=1S/C15H18Cl2O3/c1-2-20-15(19)7-5-3-4-6-14(18)12-9-8-11(16)10-13(12)17/h8-10H,2-7H2,1H3. The predicted octanol–water partition coefficient (Wildman–Crippen LogP) is 4.69. The number of Topliss-reactive ketones (excluding diaryl/α,β-unsaturated/α-hetero) is 1. The van der Waals surface area contributed by atoms with Crippen molar-refractivity contribution < 1.29 is 14.3 Å². The van der Waals surface area contributed by atoms with Crippen molar-refractivity contribution in [3.05, 3.63) is 33.8 Å². The predicted molar refractivity (Wildman–Crippen MR) is 80.5 cm³/mol. The van der Waals surface area contributed by atoms with E-state index in [-0.39, 0.29) is 11.8 Å². The minimum Gasteiger partial charge on any atom is -0.466 e. The van der Waals surface area contributed by atoms with Crippen molar-refractivity contribution in [1.82, 2.24) is 0 Å². The highest BCUT2D eigenvalue weighted by Crippen LogP contribution is 2.22. The maximum absolute atomic E-state index is 12.0. The summed E-state index contributed by atoms with van der Waals surface area (Å²) in [5, 5.41) is 0.898. The number of carbonyl (C=O) groups is 2. The molecule has 0 saturated carbocycles. The van der Waals surface area contributed by atoms with E-state index in [0.29, 0.717) is 35.1 Å². The molecule has 0 aliphatic rings. The van der Waals surface area contributed by atoms with Gasteiger partial charge in [0.25, 0.3) is 0 Å². The van der Waals surface area contributed by atoms with Crippen LogP contribution >= 0.6 is 23.2 Å². The maximum atomic E-state index is 12.0. The smallest absolute Gasteiger partial charge is 0.305 e. The molecule has 0 aromatic heterocycles. The lowest BCUT2D eigenvalue weighted by atomic mass is 10.0. The van der Waals surface area contributed by atoms with Crippen LogP contribution in [0.2, 0.25) is 10.0 Å². The number of ether oxygens (including phenoxy) is 1. The van der Waals surface area contributed by atoms with Gasteiger partial charge in [-0.3, -0.25) is 9.59 Å². The Morgan fingerprint density at radius 1 is 1.10 bits per heavy atom. The summed E-state index contributed by atoms with van der Waals surface area (Å²) < 4.78 is 4.83. The second kappa shape index (κ2) is 8.98. The first-order chi connectivity index (χ1) is 9.54. The van der Waals surface area contributed by atoms with Gasteiger partial charge in [-0.15, -0.1) is 0 Å². The zero-order chi connectivity index (χ0) is 15.0. The summed E-state index contributed by atoms with van der Waals surface area (Å²) in [6, 6.07) is 4.87. The Labute approximate surface area is 129 Å². The van der Waals surface area contributed by atoms with E-state index >= 15 is 0 Å². The third kappa shape index (κ3) is 5.93. The lowest BCUT2D eigenvalue weighted by Crippen LogP contribution is -2.04. The second-order valence-electron chi connectivity index (χ2n) is 4.41. The summed E-state index contributed by atoms with van der Waals surface area (Å²) >= 11 is 11.8. The Kier molecular flexibility index (Phi) is 7.63. The summed E-state index contributed by atoms with van der Waals surface area (Å²) in [4.78, 5) is 23.1. The van der Waals surface area contributed by atoms with E-state index in [0.717, 1.165) is 19.3 Å². The number of benzene rings is 1. The van der Waals surface area contributed by atoms with Crippen LogP contribution in [-0.2, 0) is 9.53 Å². The Morgan fingerprint density at radius 2 is 1.80 bits per heavy atom. The molecule has 1 aromatic rings. The topological polar surface area (TPSA) is 43.4 Å². The minimum absolute atomic E-state index is 0.00259. The van der Waals surface area contributed by atoms with Gasteiger partial charge < -0.3 is 4.74 Å². The molecule has 0 N–H and O–H groups in total. The fourth-order valence-corrected chi connectivity index (χ4v) is 2.33. The van der Waals surface area contributed by atoms with E-state index in [1.54, 1.807) is 25.1 Å². The number of hydrogen-bond acceptors (Lipinski definition) is 3. The highest BCUT2D eigenvalue weighted by atomic mass is 35.5. The molecule has 1 rings (SSSR count). The van der Waals surface area contributed by atoms with Crippen molar-refractivity contribution in [2.75, 3.05) is 6.61 Å². The Balaban J connectivity index is 2.28. The highest BCUT2D eigenvalue weighted by molar-refractivity contribution is 6.36. The third-order valence-electron chi connectivity index (χ3n) is 2.82. The summed E-state index contributed by atoms with van der Waals surface area (Å²) in [6.07, 6.45) is 3.11. The van der Waals surface area contributed by atoms with Crippen LogP contribution in [0.4, 0.5) is 0 Å². The molecule has 0 heterocycles.